The number of aromatic amines is 1. The zero-order valence-corrected chi connectivity index (χ0v) is 25.6. The molecular weight excluding hydrogens is 595 g/mol. The largest absolute Gasteiger partial charge is 0.359 e. The molecule has 0 saturated carbocycles. The first-order chi connectivity index (χ1) is 22.2. The Kier molecular flexibility index (Phi) is 8.52. The number of carbonyl (C=O) groups excluding carboxylic acids is 3. The third kappa shape index (κ3) is 5.93. The fourth-order valence-corrected chi connectivity index (χ4v) is 5.45. The number of aryl methyl sites for hydroxylation is 1. The van der Waals surface area contributed by atoms with Gasteiger partial charge in [-0.3, -0.25) is 19.1 Å². The van der Waals surface area contributed by atoms with Crippen molar-refractivity contribution in [2.75, 3.05) is 58.3 Å². The number of para-hydroxylation sites is 1. The van der Waals surface area contributed by atoms with Crippen molar-refractivity contribution in [3.8, 4) is 17.1 Å². The summed E-state index contributed by atoms with van der Waals surface area (Å²) in [4.78, 5) is 52.1. The predicted molar refractivity (Wildman–Crippen MR) is 166 cm³/mol. The Morgan fingerprint density at radius 3 is 2.59 bits per heavy atom. The van der Waals surface area contributed by atoms with Crippen molar-refractivity contribution >= 4 is 34.4 Å². The highest BCUT2D eigenvalue weighted by atomic mass is 19.1. The van der Waals surface area contributed by atoms with Crippen molar-refractivity contribution in [2.45, 2.75) is 6.42 Å². The minimum absolute atomic E-state index is 0.0654. The number of fused-ring (bicyclic) bond motifs is 1. The molecule has 0 atom stereocenters. The molecule has 5 heterocycles. The molecule has 2 N–H and O–H groups in total. The fraction of sp³-hybridized carbons (Fsp3) is 0.333. The van der Waals surface area contributed by atoms with Gasteiger partial charge in [-0.2, -0.15) is 9.78 Å². The van der Waals surface area contributed by atoms with Crippen LogP contribution in [0.2, 0.25) is 0 Å². The van der Waals surface area contributed by atoms with Crippen LogP contribution >= 0.6 is 0 Å². The molecule has 15 nitrogen and oxygen atoms in total. The lowest BCUT2D eigenvalue weighted by Crippen LogP contribution is -2.51. The van der Waals surface area contributed by atoms with Gasteiger partial charge in [0, 0.05) is 46.0 Å². The van der Waals surface area contributed by atoms with Crippen molar-refractivity contribution in [1.82, 2.24) is 55.1 Å². The van der Waals surface area contributed by atoms with Crippen molar-refractivity contribution < 1.29 is 18.8 Å². The zero-order chi connectivity index (χ0) is 32.4. The Bertz CT molecular complexity index is 1890. The average molecular weight is 629 g/mol. The minimum atomic E-state index is -0.844. The maximum absolute atomic E-state index is 15.2. The van der Waals surface area contributed by atoms with Crippen LogP contribution in [0.1, 0.15) is 27.3 Å². The zero-order valence-electron chi connectivity index (χ0n) is 25.6. The van der Waals surface area contributed by atoms with E-state index in [1.54, 1.807) is 17.8 Å². The van der Waals surface area contributed by atoms with Crippen LogP contribution in [0.4, 0.5) is 10.3 Å². The third-order valence-electron chi connectivity index (χ3n) is 7.83. The number of tetrazole rings is 1. The fourth-order valence-electron chi connectivity index (χ4n) is 5.45. The van der Waals surface area contributed by atoms with Gasteiger partial charge in [-0.15, -0.1) is 0 Å². The van der Waals surface area contributed by atoms with Crippen LogP contribution < -0.4 is 10.2 Å². The monoisotopic (exact) mass is 628 g/mol. The number of ketones is 1. The lowest BCUT2D eigenvalue weighted by atomic mass is 10.1. The number of hydrogen-bond donors (Lipinski definition) is 2. The second-order valence-electron chi connectivity index (χ2n) is 11.2. The van der Waals surface area contributed by atoms with Crippen LogP contribution in [0.25, 0.3) is 28.0 Å². The Balaban J connectivity index is 1.17. The van der Waals surface area contributed by atoms with Crippen LogP contribution in [0.3, 0.4) is 0 Å². The summed E-state index contributed by atoms with van der Waals surface area (Å²) < 4.78 is 18.2. The molecule has 1 aliphatic heterocycles. The Hall–Kier alpha value is -5.51. The number of Topliss-reactive ketones (excluding diaryl/α,β-unsaturated/α-hetero) is 1. The molecule has 2 amide bonds. The molecular formula is C30H33FN12O3. The van der Waals surface area contributed by atoms with Crippen LogP contribution in [-0.2, 0) is 11.8 Å². The number of rotatable bonds is 10. The summed E-state index contributed by atoms with van der Waals surface area (Å²) >= 11 is 0. The van der Waals surface area contributed by atoms with Gasteiger partial charge in [0.05, 0.1) is 28.4 Å². The maximum atomic E-state index is 15.2. The normalized spacial score (nSPS) is 13.5. The summed E-state index contributed by atoms with van der Waals surface area (Å²) in [7, 11) is 5.55. The molecule has 16 heteroatoms. The van der Waals surface area contributed by atoms with E-state index in [0.29, 0.717) is 37.0 Å². The van der Waals surface area contributed by atoms with E-state index in [9.17, 15) is 14.4 Å². The van der Waals surface area contributed by atoms with E-state index in [1.165, 1.54) is 15.8 Å². The van der Waals surface area contributed by atoms with Crippen LogP contribution in [0.5, 0.6) is 0 Å². The number of piperazine rings is 1. The van der Waals surface area contributed by atoms with Crippen molar-refractivity contribution in [2.24, 2.45) is 7.05 Å². The summed E-state index contributed by atoms with van der Waals surface area (Å²) in [6.07, 6.45) is 3.08. The molecule has 4 aromatic heterocycles. The molecule has 238 valence electrons. The van der Waals surface area contributed by atoms with Gasteiger partial charge in [-0.05, 0) is 55.7 Å². The van der Waals surface area contributed by atoms with E-state index < -0.39 is 17.5 Å². The predicted octanol–water partition coefficient (Wildman–Crippen LogP) is 1.29. The van der Waals surface area contributed by atoms with E-state index in [1.807, 2.05) is 54.2 Å². The highest BCUT2D eigenvalue weighted by molar-refractivity contribution is 6.45. The van der Waals surface area contributed by atoms with Crippen molar-refractivity contribution in [3.05, 3.63) is 65.9 Å². The number of H-pyrrole nitrogens is 1. The number of anilines is 1. The van der Waals surface area contributed by atoms with Gasteiger partial charge in [-0.25, -0.2) is 9.37 Å². The van der Waals surface area contributed by atoms with Crippen molar-refractivity contribution in [3.63, 3.8) is 0 Å². The number of hydrogen-bond acceptors (Lipinski definition) is 10. The molecule has 1 saturated heterocycles. The van der Waals surface area contributed by atoms with Crippen LogP contribution in [-0.4, -0.2) is 121 Å². The second-order valence-corrected chi connectivity index (χ2v) is 11.2. The summed E-state index contributed by atoms with van der Waals surface area (Å²) in [5.41, 5.74) is 1.75. The van der Waals surface area contributed by atoms with Crippen LogP contribution in [0.15, 0.2) is 48.8 Å². The quantitative estimate of drug-likeness (QED) is 0.131. The van der Waals surface area contributed by atoms with Crippen molar-refractivity contribution in [1.29, 1.82) is 0 Å². The first-order valence-electron chi connectivity index (χ1n) is 14.8. The third-order valence-corrected chi connectivity index (χ3v) is 7.83. The number of nitrogens with one attached hydrogen (secondary N) is 2. The topological polar surface area (TPSA) is 163 Å². The number of pyridine rings is 1. The minimum Gasteiger partial charge on any atom is -0.359 e. The Morgan fingerprint density at radius 1 is 1.09 bits per heavy atom. The summed E-state index contributed by atoms with van der Waals surface area (Å²) in [5, 5.41) is 19.3. The molecule has 0 bridgehead atoms. The molecule has 6 rings (SSSR count). The van der Waals surface area contributed by atoms with E-state index in [4.69, 9.17) is 0 Å². The van der Waals surface area contributed by atoms with E-state index in [2.05, 4.69) is 35.9 Å². The molecule has 46 heavy (non-hydrogen) atoms. The first kappa shape index (κ1) is 30.5. The molecule has 1 aliphatic rings. The van der Waals surface area contributed by atoms with Gasteiger partial charge in [-0.1, -0.05) is 23.3 Å². The molecule has 0 unspecified atom stereocenters. The van der Waals surface area contributed by atoms with Gasteiger partial charge in [0.15, 0.2) is 5.82 Å². The summed E-state index contributed by atoms with van der Waals surface area (Å²) in [5.74, 6) is -2.12. The number of amides is 2. The van der Waals surface area contributed by atoms with Crippen LogP contribution in [0, 0.1) is 5.82 Å². The smallest absolute Gasteiger partial charge is 0.295 e. The summed E-state index contributed by atoms with van der Waals surface area (Å²) in [6.45, 7) is 2.61. The molecule has 0 aliphatic carbocycles. The maximum Gasteiger partial charge on any atom is 0.295 e. The number of nitrogens with zero attached hydrogens (tertiary/aromatic N) is 10. The molecule has 0 spiro atoms. The molecule has 5 aromatic rings. The number of benzene rings is 1. The SMILES string of the molecule is CN(C)CCCNC(=O)c1cc(-c2ncc(F)c3c(C(=O)C(=O)N4CCN(c5nnnn5-c5ccccc5)CC4)c[nH]c23)nn1C. The van der Waals surface area contributed by atoms with Gasteiger partial charge in [0.2, 0.25) is 5.95 Å². The Morgan fingerprint density at radius 2 is 1.85 bits per heavy atom. The highest BCUT2D eigenvalue weighted by Crippen LogP contribution is 2.30. The number of carbonyl (C=O) groups is 3. The number of halogens is 1. The lowest BCUT2D eigenvalue weighted by Gasteiger charge is -2.34. The molecule has 1 aromatic carbocycles. The van der Waals surface area contributed by atoms with Gasteiger partial charge < -0.3 is 25.0 Å². The number of aromatic nitrogens is 8. The Labute approximate surface area is 263 Å². The van der Waals surface area contributed by atoms with Gasteiger partial charge in [0.25, 0.3) is 17.6 Å². The lowest BCUT2D eigenvalue weighted by molar-refractivity contribution is -0.126. The molecule has 0 radical (unpaired) electrons. The van der Waals surface area contributed by atoms with E-state index >= 15 is 4.39 Å². The summed E-state index contributed by atoms with van der Waals surface area (Å²) in [6, 6.07) is 11.0. The van der Waals surface area contributed by atoms with Gasteiger partial charge in [0.1, 0.15) is 17.1 Å². The van der Waals surface area contributed by atoms with E-state index in [-0.39, 0.29) is 41.2 Å². The standard InChI is InChI=1S/C30H33FN12O3/c1-39(2)11-7-10-32-28(45)23-16-22(36-40(23)3)25-26-24(21(31)18-34-25)20(17-33-26)27(44)29(46)41-12-14-42(15-13-41)30-35-37-38-43(30)19-8-5-4-6-9-19/h4-6,8-9,16-18,33H,7,10-15H2,1-3H3,(H,32,45). The molecule has 1 fully saturated rings. The second kappa shape index (κ2) is 12.8. The van der Waals surface area contributed by atoms with E-state index in [0.717, 1.165) is 24.8 Å². The van der Waals surface area contributed by atoms with Gasteiger partial charge >= 0.3 is 0 Å². The highest BCUT2D eigenvalue weighted by Gasteiger charge is 2.31. The average Bonchev–Trinajstić information content (AvgIpc) is 3.82. The first-order valence-corrected chi connectivity index (χ1v) is 14.8.